The summed E-state index contributed by atoms with van der Waals surface area (Å²) in [5.74, 6) is 0.720. The summed E-state index contributed by atoms with van der Waals surface area (Å²) in [5, 5.41) is 24.6. The number of sulfonamides is 1. The molecule has 28 heavy (non-hydrogen) atoms. The van der Waals surface area contributed by atoms with Gasteiger partial charge in [0.05, 0.1) is 18.0 Å². The van der Waals surface area contributed by atoms with Crippen LogP contribution in [0, 0.1) is 11.8 Å². The molecule has 0 spiro atoms. The first-order valence-corrected chi connectivity index (χ1v) is 13.0. The number of rotatable bonds is 15. The molecule has 1 rings (SSSR count). The molecule has 7 heteroatoms. The van der Waals surface area contributed by atoms with Crippen LogP contribution in [0.1, 0.15) is 85.0 Å². The minimum absolute atomic E-state index is 0.267. The number of nitrogens with one attached hydrogen (secondary N) is 2. The number of aliphatic hydroxyl groups excluding tert-OH is 2. The molecule has 4 N–H and O–H groups in total. The van der Waals surface area contributed by atoms with E-state index in [1.165, 1.54) is 19.3 Å². The predicted molar refractivity (Wildman–Crippen MR) is 116 cm³/mol. The Morgan fingerprint density at radius 3 is 2.32 bits per heavy atom. The van der Waals surface area contributed by atoms with Gasteiger partial charge in [0.15, 0.2) is 0 Å². The minimum Gasteiger partial charge on any atom is -0.389 e. The van der Waals surface area contributed by atoms with Crippen molar-refractivity contribution in [1.29, 1.82) is 0 Å². The topological polar surface area (TPSA) is 98.7 Å². The summed E-state index contributed by atoms with van der Waals surface area (Å²) in [4.78, 5) is 0. The molecule has 0 radical (unpaired) electrons. The fourth-order valence-electron chi connectivity index (χ4n) is 3.98. The second-order valence-electron chi connectivity index (χ2n) is 8.92. The van der Waals surface area contributed by atoms with Crippen LogP contribution in [-0.2, 0) is 10.0 Å². The maximum Gasteiger partial charge on any atom is 0.214 e. The molecule has 0 heterocycles. The quantitative estimate of drug-likeness (QED) is 0.305. The fraction of sp³-hybridized carbons (Fsp3) is 1.00. The van der Waals surface area contributed by atoms with Crippen LogP contribution in [0.3, 0.4) is 0 Å². The van der Waals surface area contributed by atoms with Gasteiger partial charge in [0.25, 0.3) is 0 Å². The summed E-state index contributed by atoms with van der Waals surface area (Å²) < 4.78 is 26.8. The lowest BCUT2D eigenvalue weighted by Gasteiger charge is -2.32. The first-order valence-electron chi connectivity index (χ1n) is 11.3. The van der Waals surface area contributed by atoms with Gasteiger partial charge in [-0.15, -0.1) is 0 Å². The van der Waals surface area contributed by atoms with E-state index in [1.54, 1.807) is 0 Å². The van der Waals surface area contributed by atoms with Crippen LogP contribution in [-0.4, -0.2) is 55.7 Å². The Hall–Kier alpha value is -0.210. The van der Waals surface area contributed by atoms with Crippen molar-refractivity contribution in [2.75, 3.05) is 18.8 Å². The maximum absolute atomic E-state index is 12.2. The maximum atomic E-state index is 12.2. The average Bonchev–Trinajstić information content (AvgIpc) is 2.64. The summed E-state index contributed by atoms with van der Waals surface area (Å²) in [6.45, 7) is 7.53. The van der Waals surface area contributed by atoms with Crippen molar-refractivity contribution in [2.45, 2.75) is 103 Å². The Morgan fingerprint density at radius 2 is 1.71 bits per heavy atom. The molecule has 0 aromatic carbocycles. The molecule has 0 aromatic heterocycles. The molecule has 3 atom stereocenters. The summed E-state index contributed by atoms with van der Waals surface area (Å²) in [6.07, 6.45) is 8.24. The average molecular weight is 421 g/mol. The second-order valence-corrected chi connectivity index (χ2v) is 10.8. The van der Waals surface area contributed by atoms with Gasteiger partial charge in [0.2, 0.25) is 10.0 Å². The van der Waals surface area contributed by atoms with Crippen molar-refractivity contribution >= 4 is 10.0 Å². The highest BCUT2D eigenvalue weighted by Crippen LogP contribution is 2.28. The van der Waals surface area contributed by atoms with E-state index in [0.29, 0.717) is 18.4 Å². The highest BCUT2D eigenvalue weighted by molar-refractivity contribution is 7.89. The molecular formula is C21H44N2O4S. The highest BCUT2D eigenvalue weighted by atomic mass is 32.2. The zero-order valence-corrected chi connectivity index (χ0v) is 19.0. The highest BCUT2D eigenvalue weighted by Gasteiger charge is 2.31. The van der Waals surface area contributed by atoms with E-state index in [9.17, 15) is 18.6 Å². The van der Waals surface area contributed by atoms with Crippen molar-refractivity contribution in [3.63, 3.8) is 0 Å². The lowest BCUT2D eigenvalue weighted by molar-refractivity contribution is 0.00123. The van der Waals surface area contributed by atoms with Crippen LogP contribution in [0.15, 0.2) is 0 Å². The van der Waals surface area contributed by atoms with E-state index in [0.717, 1.165) is 51.5 Å². The van der Waals surface area contributed by atoms with Gasteiger partial charge in [-0.2, -0.15) is 0 Å². The van der Waals surface area contributed by atoms with Crippen molar-refractivity contribution in [2.24, 2.45) is 11.8 Å². The lowest BCUT2D eigenvalue weighted by atomic mass is 9.83. The van der Waals surface area contributed by atoms with Crippen LogP contribution in [0.5, 0.6) is 0 Å². The van der Waals surface area contributed by atoms with E-state index >= 15 is 0 Å². The number of hydrogen-bond acceptors (Lipinski definition) is 5. The molecule has 0 amide bonds. The first-order chi connectivity index (χ1) is 13.2. The van der Waals surface area contributed by atoms with Gasteiger partial charge in [0, 0.05) is 12.6 Å². The summed E-state index contributed by atoms with van der Waals surface area (Å²) >= 11 is 0. The SMILES string of the molecule is CCCCNS(=O)(=O)C[C@@H](O)[C@H](O)[C@H](CC1CCCCC1)NCCCC(C)C. The normalized spacial score (nSPS) is 19.6. The zero-order chi connectivity index (χ0) is 21.0. The number of unbranched alkanes of at least 4 members (excludes halogenated alkanes) is 1. The first kappa shape index (κ1) is 25.8. The van der Waals surface area contributed by atoms with Crippen molar-refractivity contribution < 1.29 is 18.6 Å². The van der Waals surface area contributed by atoms with Gasteiger partial charge >= 0.3 is 0 Å². The molecule has 0 aromatic rings. The van der Waals surface area contributed by atoms with E-state index in [1.807, 2.05) is 6.92 Å². The molecule has 0 bridgehead atoms. The molecule has 1 saturated carbocycles. The molecule has 1 aliphatic rings. The van der Waals surface area contributed by atoms with Gasteiger partial charge in [-0.25, -0.2) is 13.1 Å². The Kier molecular flexibility index (Phi) is 12.8. The molecule has 1 fully saturated rings. The Labute approximate surface area is 172 Å². The van der Waals surface area contributed by atoms with E-state index in [4.69, 9.17) is 0 Å². The summed E-state index contributed by atoms with van der Waals surface area (Å²) in [5.41, 5.74) is 0. The van der Waals surface area contributed by atoms with Crippen molar-refractivity contribution in [1.82, 2.24) is 10.0 Å². The van der Waals surface area contributed by atoms with Crippen LogP contribution < -0.4 is 10.0 Å². The van der Waals surface area contributed by atoms with Gasteiger partial charge < -0.3 is 15.5 Å². The number of aliphatic hydroxyl groups is 2. The van der Waals surface area contributed by atoms with E-state index in [2.05, 4.69) is 23.9 Å². The third kappa shape index (κ3) is 11.1. The third-order valence-corrected chi connectivity index (χ3v) is 7.15. The molecule has 1 aliphatic carbocycles. The largest absolute Gasteiger partial charge is 0.389 e. The van der Waals surface area contributed by atoms with Crippen molar-refractivity contribution in [3.8, 4) is 0 Å². The molecule has 6 nitrogen and oxygen atoms in total. The summed E-state index contributed by atoms with van der Waals surface area (Å²) in [7, 11) is -3.59. The van der Waals surface area contributed by atoms with Crippen LogP contribution in [0.2, 0.25) is 0 Å². The van der Waals surface area contributed by atoms with E-state index in [-0.39, 0.29) is 6.04 Å². The molecule has 168 valence electrons. The van der Waals surface area contributed by atoms with Gasteiger partial charge in [-0.05, 0) is 44.1 Å². The zero-order valence-electron chi connectivity index (χ0n) is 18.2. The molecule has 0 aliphatic heterocycles. The third-order valence-electron chi connectivity index (χ3n) is 5.73. The van der Waals surface area contributed by atoms with Crippen LogP contribution in [0.4, 0.5) is 0 Å². The van der Waals surface area contributed by atoms with Crippen molar-refractivity contribution in [3.05, 3.63) is 0 Å². The minimum atomic E-state index is -3.59. The molecule has 0 saturated heterocycles. The van der Waals surface area contributed by atoms with Gasteiger partial charge in [-0.1, -0.05) is 59.3 Å². The Morgan fingerprint density at radius 1 is 1.04 bits per heavy atom. The monoisotopic (exact) mass is 420 g/mol. The van der Waals surface area contributed by atoms with Crippen LogP contribution >= 0.6 is 0 Å². The van der Waals surface area contributed by atoms with E-state index < -0.39 is 28.0 Å². The lowest BCUT2D eigenvalue weighted by Crippen LogP contribution is -2.50. The smallest absolute Gasteiger partial charge is 0.214 e. The standard InChI is InChI=1S/C21H44N2O4S/c1-4-5-14-23-28(26,27)16-20(24)21(25)19(22-13-9-10-17(2)3)15-18-11-7-6-8-12-18/h17-25H,4-16H2,1-3H3/t19-,20+,21+/m0/s1. The predicted octanol–water partition coefficient (Wildman–Crippen LogP) is 2.79. The number of hydrogen-bond donors (Lipinski definition) is 4. The van der Waals surface area contributed by atoms with Crippen LogP contribution in [0.25, 0.3) is 0 Å². The Bertz CT molecular complexity index is 493. The second kappa shape index (κ2) is 13.9. The van der Waals surface area contributed by atoms with Gasteiger partial charge in [-0.3, -0.25) is 0 Å². The molecular weight excluding hydrogens is 376 g/mol. The fourth-order valence-corrected chi connectivity index (χ4v) is 5.20. The molecule has 0 unspecified atom stereocenters. The van der Waals surface area contributed by atoms with Gasteiger partial charge in [0.1, 0.15) is 0 Å². The summed E-state index contributed by atoms with van der Waals surface area (Å²) in [6, 6.07) is -0.267. The Balaban J connectivity index is 2.62.